The van der Waals surface area contributed by atoms with E-state index in [1.54, 1.807) is 22.0 Å². The maximum Gasteiger partial charge on any atom is 0.414 e. The van der Waals surface area contributed by atoms with Crippen LogP contribution in [-0.4, -0.2) is 47.0 Å². The minimum absolute atomic E-state index is 0.272. The van der Waals surface area contributed by atoms with Crippen molar-refractivity contribution in [2.24, 2.45) is 21.7 Å². The van der Waals surface area contributed by atoms with E-state index in [2.05, 4.69) is 15.2 Å². The number of hydrogen-bond donors (Lipinski definition) is 2. The summed E-state index contributed by atoms with van der Waals surface area (Å²) in [6, 6.07) is 7.38. The van der Waals surface area contributed by atoms with Gasteiger partial charge in [-0.2, -0.15) is 10.2 Å². The van der Waals surface area contributed by atoms with E-state index in [-0.39, 0.29) is 12.2 Å². The number of nitrogens with zero attached hydrogens (tertiary/aromatic N) is 5. The molecule has 0 saturated carbocycles. The molecular formula is C17H21N7O2. The Balaban J connectivity index is 1.72. The highest BCUT2D eigenvalue weighted by atomic mass is 16.6. The zero-order valence-corrected chi connectivity index (χ0v) is 14.4. The fourth-order valence-corrected chi connectivity index (χ4v) is 2.63. The summed E-state index contributed by atoms with van der Waals surface area (Å²) in [7, 11) is 0. The van der Waals surface area contributed by atoms with Crippen LogP contribution in [0.15, 0.2) is 46.8 Å². The number of cyclic esters (lactones) is 1. The zero-order valence-electron chi connectivity index (χ0n) is 14.4. The lowest BCUT2D eigenvalue weighted by molar-refractivity contribution is 0.145. The fourth-order valence-electron chi connectivity index (χ4n) is 2.63. The molecule has 26 heavy (non-hydrogen) atoms. The van der Waals surface area contributed by atoms with Crippen molar-refractivity contribution in [2.75, 3.05) is 18.0 Å². The van der Waals surface area contributed by atoms with Crippen LogP contribution in [0.3, 0.4) is 0 Å². The molecule has 0 radical (unpaired) electrons. The summed E-state index contributed by atoms with van der Waals surface area (Å²) in [5, 5.41) is 7.85. The molecule has 1 aliphatic rings. The Bertz CT molecular complexity index is 830. The molecule has 1 saturated heterocycles. The number of hydrazone groups is 1. The van der Waals surface area contributed by atoms with Crippen LogP contribution in [0.5, 0.6) is 0 Å². The highest BCUT2D eigenvalue weighted by Crippen LogP contribution is 2.27. The number of aryl methyl sites for hydroxylation is 1. The van der Waals surface area contributed by atoms with Crippen LogP contribution in [0.25, 0.3) is 0 Å². The van der Waals surface area contributed by atoms with E-state index in [1.165, 1.54) is 0 Å². The lowest BCUT2D eigenvalue weighted by Gasteiger charge is -2.14. The standard InChI is InChI=1S/C17H21N7O2/c1-12-7-14(24-11-15(8-18)26-17(24)25)3-4-16(12)20-9-13(22-19)10-23-6-2-5-21-23/h2-7,9,15H,8,10-11,18-19H2,1H3/b20-9?,22-13+. The molecule has 9 heteroatoms. The van der Waals surface area contributed by atoms with Crippen LogP contribution in [-0.2, 0) is 11.3 Å². The molecular weight excluding hydrogens is 334 g/mol. The maximum absolute atomic E-state index is 11.9. The second-order valence-corrected chi connectivity index (χ2v) is 5.91. The highest BCUT2D eigenvalue weighted by molar-refractivity contribution is 6.30. The quantitative estimate of drug-likeness (QED) is 0.457. The average molecular weight is 355 g/mol. The predicted octanol–water partition coefficient (Wildman–Crippen LogP) is 1.19. The van der Waals surface area contributed by atoms with E-state index in [0.29, 0.717) is 25.3 Å². The van der Waals surface area contributed by atoms with E-state index < -0.39 is 0 Å². The fraction of sp³-hybridized carbons (Fsp3) is 0.294. The van der Waals surface area contributed by atoms with Crippen molar-refractivity contribution in [3.05, 3.63) is 42.2 Å². The van der Waals surface area contributed by atoms with Crippen molar-refractivity contribution >= 4 is 29.4 Å². The largest absolute Gasteiger partial charge is 0.443 e. The maximum atomic E-state index is 11.9. The third kappa shape index (κ3) is 3.89. The summed E-state index contributed by atoms with van der Waals surface area (Å²) in [6.45, 7) is 3.11. The van der Waals surface area contributed by atoms with Gasteiger partial charge in [0, 0.05) is 24.6 Å². The molecule has 1 unspecified atom stereocenters. The molecule has 1 aromatic heterocycles. The van der Waals surface area contributed by atoms with Gasteiger partial charge < -0.3 is 16.3 Å². The minimum atomic E-state index is -0.382. The van der Waals surface area contributed by atoms with E-state index in [0.717, 1.165) is 16.9 Å². The highest BCUT2D eigenvalue weighted by Gasteiger charge is 2.31. The topological polar surface area (TPSA) is 124 Å². The Morgan fingerprint density at radius 1 is 1.50 bits per heavy atom. The van der Waals surface area contributed by atoms with Gasteiger partial charge in [0.1, 0.15) is 6.10 Å². The molecule has 0 bridgehead atoms. The Labute approximate surface area is 150 Å². The Kier molecular flexibility index (Phi) is 5.28. The third-order valence-corrected chi connectivity index (χ3v) is 4.03. The number of aliphatic imine (C=N–C) groups is 1. The monoisotopic (exact) mass is 355 g/mol. The van der Waals surface area contributed by atoms with Crippen molar-refractivity contribution in [2.45, 2.75) is 19.6 Å². The molecule has 0 aliphatic carbocycles. The number of carbonyl (C=O) groups is 1. The third-order valence-electron chi connectivity index (χ3n) is 4.03. The number of carbonyl (C=O) groups excluding carboxylic acids is 1. The van der Waals surface area contributed by atoms with Crippen molar-refractivity contribution in [3.8, 4) is 0 Å². The minimum Gasteiger partial charge on any atom is -0.443 e. The molecule has 2 aromatic rings. The van der Waals surface area contributed by atoms with Crippen LogP contribution < -0.4 is 16.5 Å². The first-order valence-electron chi connectivity index (χ1n) is 8.18. The molecule has 9 nitrogen and oxygen atoms in total. The van der Waals surface area contributed by atoms with Crippen molar-refractivity contribution in [1.82, 2.24) is 9.78 Å². The number of rotatable bonds is 6. The summed E-state index contributed by atoms with van der Waals surface area (Å²) in [5.41, 5.74) is 8.59. The van der Waals surface area contributed by atoms with E-state index >= 15 is 0 Å². The SMILES string of the molecule is Cc1cc(N2CC(CN)OC2=O)ccc1N=C/C(Cn1cccn1)=N\N. The van der Waals surface area contributed by atoms with Gasteiger partial charge >= 0.3 is 6.09 Å². The van der Waals surface area contributed by atoms with Crippen LogP contribution in [0.2, 0.25) is 0 Å². The van der Waals surface area contributed by atoms with Crippen molar-refractivity contribution < 1.29 is 9.53 Å². The first-order chi connectivity index (χ1) is 12.6. The number of ether oxygens (including phenoxy) is 1. The molecule has 0 spiro atoms. The smallest absolute Gasteiger partial charge is 0.414 e. The Morgan fingerprint density at radius 3 is 2.96 bits per heavy atom. The molecule has 3 rings (SSSR count). The van der Waals surface area contributed by atoms with E-state index in [9.17, 15) is 4.79 Å². The van der Waals surface area contributed by atoms with Crippen LogP contribution in [0, 0.1) is 6.92 Å². The number of nitrogens with two attached hydrogens (primary N) is 2. The van der Waals surface area contributed by atoms with Crippen LogP contribution in [0.1, 0.15) is 5.56 Å². The number of hydrogen-bond acceptors (Lipinski definition) is 7. The number of benzene rings is 1. The van der Waals surface area contributed by atoms with Gasteiger partial charge in [-0.05, 0) is 36.8 Å². The van der Waals surface area contributed by atoms with Gasteiger partial charge in [0.25, 0.3) is 0 Å². The molecule has 136 valence electrons. The second kappa shape index (κ2) is 7.79. The molecule has 2 heterocycles. The number of aromatic nitrogens is 2. The number of anilines is 1. The second-order valence-electron chi connectivity index (χ2n) is 5.91. The van der Waals surface area contributed by atoms with Gasteiger partial charge in [-0.25, -0.2) is 4.79 Å². The summed E-state index contributed by atoms with van der Waals surface area (Å²) < 4.78 is 6.89. The average Bonchev–Trinajstić information content (AvgIpc) is 3.28. The molecule has 1 atom stereocenters. The molecule has 1 amide bonds. The first kappa shape index (κ1) is 17.6. The normalized spacial score (nSPS) is 17.9. The van der Waals surface area contributed by atoms with Gasteiger partial charge in [-0.1, -0.05) is 0 Å². The predicted molar refractivity (Wildman–Crippen MR) is 99.8 cm³/mol. The van der Waals surface area contributed by atoms with Crippen molar-refractivity contribution in [3.63, 3.8) is 0 Å². The summed E-state index contributed by atoms with van der Waals surface area (Å²) in [6.07, 6.45) is 4.47. The molecule has 4 N–H and O–H groups in total. The molecule has 1 aliphatic heterocycles. The Hall–Kier alpha value is -3.20. The molecule has 1 fully saturated rings. The first-order valence-corrected chi connectivity index (χ1v) is 8.18. The summed E-state index contributed by atoms with van der Waals surface area (Å²) >= 11 is 0. The lowest BCUT2D eigenvalue weighted by Crippen LogP contribution is -2.27. The van der Waals surface area contributed by atoms with Crippen LogP contribution in [0.4, 0.5) is 16.2 Å². The zero-order chi connectivity index (χ0) is 18.5. The van der Waals surface area contributed by atoms with Gasteiger partial charge in [-0.15, -0.1) is 0 Å². The van der Waals surface area contributed by atoms with Crippen LogP contribution >= 0.6 is 0 Å². The molecule has 1 aromatic carbocycles. The van der Waals surface area contributed by atoms with E-state index in [1.807, 2.05) is 37.4 Å². The van der Waals surface area contributed by atoms with Gasteiger partial charge in [0.2, 0.25) is 0 Å². The Morgan fingerprint density at radius 2 is 2.35 bits per heavy atom. The van der Waals surface area contributed by atoms with Crippen molar-refractivity contribution in [1.29, 1.82) is 0 Å². The number of amides is 1. The van der Waals surface area contributed by atoms with E-state index in [4.69, 9.17) is 16.3 Å². The van der Waals surface area contributed by atoms with Gasteiger partial charge in [-0.3, -0.25) is 14.6 Å². The van der Waals surface area contributed by atoms with Gasteiger partial charge in [0.15, 0.2) is 0 Å². The van der Waals surface area contributed by atoms with Gasteiger partial charge in [0.05, 0.1) is 30.7 Å². The summed E-state index contributed by atoms with van der Waals surface area (Å²) in [4.78, 5) is 17.9. The summed E-state index contributed by atoms with van der Waals surface area (Å²) in [5.74, 6) is 5.43. The lowest BCUT2D eigenvalue weighted by atomic mass is 10.1.